The van der Waals surface area contributed by atoms with Crippen LogP contribution in [0.15, 0.2) is 18.6 Å². The SMILES string of the molecule is CCC(C)NCCNC(=O)c1cnccn1. The maximum Gasteiger partial charge on any atom is 0.271 e. The molecule has 1 atom stereocenters. The molecule has 1 amide bonds. The molecule has 0 aromatic carbocycles. The second-order valence-corrected chi connectivity index (χ2v) is 3.61. The number of nitrogens with zero attached hydrogens (tertiary/aromatic N) is 2. The molecule has 0 saturated heterocycles. The van der Waals surface area contributed by atoms with Crippen LogP contribution in [-0.4, -0.2) is 35.0 Å². The fourth-order valence-corrected chi connectivity index (χ4v) is 1.15. The van der Waals surface area contributed by atoms with Gasteiger partial charge in [0.25, 0.3) is 5.91 Å². The molecule has 88 valence electrons. The van der Waals surface area contributed by atoms with E-state index in [-0.39, 0.29) is 5.91 Å². The molecule has 0 saturated carbocycles. The Morgan fingerprint density at radius 2 is 2.25 bits per heavy atom. The van der Waals surface area contributed by atoms with Crippen LogP contribution in [0, 0.1) is 0 Å². The molecular formula is C11H18N4O. The summed E-state index contributed by atoms with van der Waals surface area (Å²) in [5.41, 5.74) is 0.353. The lowest BCUT2D eigenvalue weighted by atomic mass is 10.2. The van der Waals surface area contributed by atoms with Crippen molar-refractivity contribution in [1.82, 2.24) is 20.6 Å². The van der Waals surface area contributed by atoms with Crippen molar-refractivity contribution in [2.24, 2.45) is 0 Å². The van der Waals surface area contributed by atoms with Crippen LogP contribution in [-0.2, 0) is 0 Å². The van der Waals surface area contributed by atoms with Gasteiger partial charge < -0.3 is 10.6 Å². The van der Waals surface area contributed by atoms with Gasteiger partial charge in [-0.15, -0.1) is 0 Å². The summed E-state index contributed by atoms with van der Waals surface area (Å²) in [4.78, 5) is 19.3. The smallest absolute Gasteiger partial charge is 0.271 e. The van der Waals surface area contributed by atoms with Crippen LogP contribution in [0.3, 0.4) is 0 Å². The van der Waals surface area contributed by atoms with E-state index in [2.05, 4.69) is 34.4 Å². The van der Waals surface area contributed by atoms with Crippen LogP contribution < -0.4 is 10.6 Å². The Balaban J connectivity index is 2.21. The molecule has 1 unspecified atom stereocenters. The third-order valence-corrected chi connectivity index (χ3v) is 2.31. The molecule has 0 bridgehead atoms. The topological polar surface area (TPSA) is 66.9 Å². The van der Waals surface area contributed by atoms with Crippen molar-refractivity contribution in [1.29, 1.82) is 0 Å². The zero-order chi connectivity index (χ0) is 11.8. The standard InChI is InChI=1S/C11H18N4O/c1-3-9(2)13-6-7-15-11(16)10-8-12-4-5-14-10/h4-5,8-9,13H,3,6-7H2,1-2H3,(H,15,16). The number of amides is 1. The number of carbonyl (C=O) groups is 1. The first-order valence-electron chi connectivity index (χ1n) is 5.51. The van der Waals surface area contributed by atoms with E-state index in [1.54, 1.807) is 6.20 Å². The van der Waals surface area contributed by atoms with Gasteiger partial charge in [-0.2, -0.15) is 0 Å². The summed E-state index contributed by atoms with van der Waals surface area (Å²) in [6, 6.07) is 0.480. The molecule has 1 aromatic rings. The average Bonchev–Trinajstić information content (AvgIpc) is 2.35. The highest BCUT2D eigenvalue weighted by molar-refractivity contribution is 5.91. The fourth-order valence-electron chi connectivity index (χ4n) is 1.15. The highest BCUT2D eigenvalue weighted by Gasteiger charge is 2.05. The quantitative estimate of drug-likeness (QED) is 0.691. The number of rotatable bonds is 6. The van der Waals surface area contributed by atoms with Crippen molar-refractivity contribution in [3.63, 3.8) is 0 Å². The van der Waals surface area contributed by atoms with Gasteiger partial charge in [-0.3, -0.25) is 9.78 Å². The average molecular weight is 222 g/mol. The van der Waals surface area contributed by atoms with Crippen molar-refractivity contribution in [2.45, 2.75) is 26.3 Å². The Morgan fingerprint density at radius 3 is 2.88 bits per heavy atom. The summed E-state index contributed by atoms with van der Waals surface area (Å²) >= 11 is 0. The maximum absolute atomic E-state index is 11.5. The van der Waals surface area contributed by atoms with Crippen molar-refractivity contribution in [3.8, 4) is 0 Å². The van der Waals surface area contributed by atoms with Crippen molar-refractivity contribution in [3.05, 3.63) is 24.3 Å². The molecule has 1 aromatic heterocycles. The second-order valence-electron chi connectivity index (χ2n) is 3.61. The predicted octanol–water partition coefficient (Wildman–Crippen LogP) is 0.594. The summed E-state index contributed by atoms with van der Waals surface area (Å²) in [5, 5.41) is 6.06. The minimum absolute atomic E-state index is 0.181. The zero-order valence-corrected chi connectivity index (χ0v) is 9.73. The lowest BCUT2D eigenvalue weighted by molar-refractivity contribution is 0.0948. The minimum Gasteiger partial charge on any atom is -0.349 e. The first-order chi connectivity index (χ1) is 7.74. The molecule has 0 aliphatic heterocycles. The number of aromatic nitrogens is 2. The molecular weight excluding hydrogens is 204 g/mol. The molecule has 16 heavy (non-hydrogen) atoms. The van der Waals surface area contributed by atoms with E-state index in [9.17, 15) is 4.79 Å². The Morgan fingerprint density at radius 1 is 1.44 bits per heavy atom. The van der Waals surface area contributed by atoms with Gasteiger partial charge in [0.05, 0.1) is 6.20 Å². The van der Waals surface area contributed by atoms with Crippen LogP contribution in [0.25, 0.3) is 0 Å². The Hall–Kier alpha value is -1.49. The maximum atomic E-state index is 11.5. The lowest BCUT2D eigenvalue weighted by Crippen LogP contribution is -2.35. The van der Waals surface area contributed by atoms with Gasteiger partial charge in [-0.1, -0.05) is 6.92 Å². The molecule has 0 aliphatic rings. The summed E-state index contributed by atoms with van der Waals surface area (Å²) in [6.07, 6.45) is 5.59. The largest absolute Gasteiger partial charge is 0.349 e. The minimum atomic E-state index is -0.181. The molecule has 5 nitrogen and oxygen atoms in total. The van der Waals surface area contributed by atoms with Crippen LogP contribution in [0.2, 0.25) is 0 Å². The van der Waals surface area contributed by atoms with Gasteiger partial charge in [0.15, 0.2) is 0 Å². The number of nitrogens with one attached hydrogen (secondary N) is 2. The summed E-state index contributed by atoms with van der Waals surface area (Å²) in [7, 11) is 0. The Bertz CT molecular complexity index is 315. The summed E-state index contributed by atoms with van der Waals surface area (Å²) in [5.74, 6) is -0.181. The lowest BCUT2D eigenvalue weighted by Gasteiger charge is -2.11. The molecule has 0 spiro atoms. The third kappa shape index (κ3) is 4.35. The number of hydrogen-bond donors (Lipinski definition) is 2. The monoisotopic (exact) mass is 222 g/mol. The van der Waals surface area contributed by atoms with Gasteiger partial charge in [0.1, 0.15) is 5.69 Å². The van der Waals surface area contributed by atoms with Gasteiger partial charge in [-0.25, -0.2) is 4.98 Å². The highest BCUT2D eigenvalue weighted by atomic mass is 16.1. The molecule has 2 N–H and O–H groups in total. The van der Waals surface area contributed by atoms with Gasteiger partial charge in [0.2, 0.25) is 0 Å². The predicted molar refractivity (Wildman–Crippen MR) is 62.1 cm³/mol. The van der Waals surface area contributed by atoms with E-state index >= 15 is 0 Å². The van der Waals surface area contributed by atoms with E-state index in [0.717, 1.165) is 13.0 Å². The molecule has 5 heteroatoms. The van der Waals surface area contributed by atoms with Crippen LogP contribution >= 0.6 is 0 Å². The van der Waals surface area contributed by atoms with Crippen molar-refractivity contribution < 1.29 is 4.79 Å². The first-order valence-corrected chi connectivity index (χ1v) is 5.51. The Labute approximate surface area is 95.7 Å². The van der Waals surface area contributed by atoms with Gasteiger partial charge >= 0.3 is 0 Å². The molecule has 0 radical (unpaired) electrons. The van der Waals surface area contributed by atoms with Crippen LogP contribution in [0.4, 0.5) is 0 Å². The summed E-state index contributed by atoms with van der Waals surface area (Å²) in [6.45, 7) is 5.60. The van der Waals surface area contributed by atoms with E-state index in [1.165, 1.54) is 12.4 Å². The molecule has 1 rings (SSSR count). The van der Waals surface area contributed by atoms with Gasteiger partial charge in [-0.05, 0) is 13.3 Å². The molecule has 0 aliphatic carbocycles. The number of hydrogen-bond acceptors (Lipinski definition) is 4. The second kappa shape index (κ2) is 6.90. The fraction of sp³-hybridized carbons (Fsp3) is 0.545. The van der Waals surface area contributed by atoms with E-state index in [4.69, 9.17) is 0 Å². The van der Waals surface area contributed by atoms with Crippen LogP contribution in [0.5, 0.6) is 0 Å². The first kappa shape index (κ1) is 12.6. The number of carbonyl (C=O) groups excluding carboxylic acids is 1. The van der Waals surface area contributed by atoms with Crippen molar-refractivity contribution in [2.75, 3.05) is 13.1 Å². The summed E-state index contributed by atoms with van der Waals surface area (Å²) < 4.78 is 0. The van der Waals surface area contributed by atoms with E-state index in [1.807, 2.05) is 0 Å². The third-order valence-electron chi connectivity index (χ3n) is 2.31. The highest BCUT2D eigenvalue weighted by Crippen LogP contribution is 1.89. The van der Waals surface area contributed by atoms with E-state index in [0.29, 0.717) is 18.3 Å². The molecule has 0 fully saturated rings. The Kier molecular flexibility index (Phi) is 5.42. The normalized spacial score (nSPS) is 12.1. The molecule has 1 heterocycles. The van der Waals surface area contributed by atoms with Crippen LogP contribution in [0.1, 0.15) is 30.8 Å². The van der Waals surface area contributed by atoms with Crippen molar-refractivity contribution >= 4 is 5.91 Å². The van der Waals surface area contributed by atoms with Gasteiger partial charge in [0, 0.05) is 31.5 Å². The van der Waals surface area contributed by atoms with E-state index < -0.39 is 0 Å². The zero-order valence-electron chi connectivity index (χ0n) is 9.73.